The van der Waals surface area contributed by atoms with Crippen molar-refractivity contribution in [3.63, 3.8) is 0 Å². The third kappa shape index (κ3) is 4.58. The van der Waals surface area contributed by atoms with Crippen molar-refractivity contribution in [2.24, 2.45) is 5.73 Å². The summed E-state index contributed by atoms with van der Waals surface area (Å²) in [7, 11) is 0. The van der Waals surface area contributed by atoms with E-state index in [1.807, 2.05) is 42.5 Å². The van der Waals surface area contributed by atoms with Crippen LogP contribution in [0.3, 0.4) is 0 Å². The highest BCUT2D eigenvalue weighted by Crippen LogP contribution is 2.21. The van der Waals surface area contributed by atoms with Crippen LogP contribution in [0.5, 0.6) is 5.75 Å². The van der Waals surface area contributed by atoms with Gasteiger partial charge in [-0.25, -0.2) is 0 Å². The van der Waals surface area contributed by atoms with Gasteiger partial charge in [-0.15, -0.1) is 6.58 Å². The van der Waals surface area contributed by atoms with Gasteiger partial charge in [-0.3, -0.25) is 0 Å². The van der Waals surface area contributed by atoms with Crippen LogP contribution in [-0.2, 0) is 6.42 Å². The summed E-state index contributed by atoms with van der Waals surface area (Å²) < 4.78 is 10.8. The maximum absolute atomic E-state index is 9.47. The first-order valence-electron chi connectivity index (χ1n) is 7.07. The largest absolute Gasteiger partial charge is 0.490 e. The Kier molecular flexibility index (Phi) is 5.94. The molecule has 0 spiro atoms. The van der Waals surface area contributed by atoms with Crippen molar-refractivity contribution in [1.82, 2.24) is 5.16 Å². The highest BCUT2D eigenvalue weighted by molar-refractivity contribution is 5.70. The Bertz CT molecular complexity index is 634. The predicted molar refractivity (Wildman–Crippen MR) is 86.3 cm³/mol. The van der Waals surface area contributed by atoms with Crippen molar-refractivity contribution in [2.75, 3.05) is 13.2 Å². The number of nitrogens with zero attached hydrogens (tertiary/aromatic N) is 1. The van der Waals surface area contributed by atoms with E-state index < -0.39 is 6.10 Å². The Morgan fingerprint density at radius 1 is 1.36 bits per heavy atom. The maximum Gasteiger partial charge on any atom is 0.159 e. The molecule has 1 heterocycles. The van der Waals surface area contributed by atoms with Crippen molar-refractivity contribution in [3.8, 4) is 5.75 Å². The number of hydrogen-bond acceptors (Lipinski definition) is 5. The van der Waals surface area contributed by atoms with E-state index in [9.17, 15) is 5.11 Å². The fourth-order valence-corrected chi connectivity index (χ4v) is 1.83. The average Bonchev–Trinajstić information content (AvgIpc) is 2.99. The molecule has 1 unspecified atom stereocenters. The predicted octanol–water partition coefficient (Wildman–Crippen LogP) is 2.27. The quantitative estimate of drug-likeness (QED) is 0.731. The number of aromatic nitrogens is 1. The lowest BCUT2D eigenvalue weighted by molar-refractivity contribution is 0.114. The second-order valence-corrected chi connectivity index (χ2v) is 4.79. The zero-order valence-electron chi connectivity index (χ0n) is 12.3. The molecule has 0 fully saturated rings. The van der Waals surface area contributed by atoms with Crippen LogP contribution in [0.2, 0.25) is 0 Å². The molecule has 22 heavy (non-hydrogen) atoms. The van der Waals surface area contributed by atoms with E-state index >= 15 is 0 Å². The van der Waals surface area contributed by atoms with Gasteiger partial charge in [-0.2, -0.15) is 0 Å². The minimum absolute atomic E-state index is 0.160. The molecule has 5 nitrogen and oxygen atoms in total. The number of nitrogens with two attached hydrogens (primary N) is 1. The number of aliphatic hydroxyl groups excluding tert-OH is 1. The molecule has 0 aliphatic heterocycles. The van der Waals surface area contributed by atoms with E-state index in [1.54, 1.807) is 6.08 Å². The zero-order valence-corrected chi connectivity index (χ0v) is 12.3. The number of ether oxygens (including phenoxy) is 1. The Balaban J connectivity index is 2.07. The van der Waals surface area contributed by atoms with E-state index in [0.717, 1.165) is 11.3 Å². The fraction of sp³-hybridized carbons (Fsp3) is 0.235. The first kappa shape index (κ1) is 16.0. The maximum atomic E-state index is 9.47. The van der Waals surface area contributed by atoms with E-state index in [2.05, 4.69) is 11.7 Å². The molecule has 1 aromatic carbocycles. The molecule has 116 valence electrons. The van der Waals surface area contributed by atoms with Gasteiger partial charge in [0, 0.05) is 24.6 Å². The van der Waals surface area contributed by atoms with E-state index in [4.69, 9.17) is 15.0 Å². The number of allylic oxidation sites excluding steroid dienone is 1. The van der Waals surface area contributed by atoms with Crippen LogP contribution < -0.4 is 10.5 Å². The van der Waals surface area contributed by atoms with Crippen LogP contribution in [-0.4, -0.2) is 29.5 Å². The third-order valence-electron chi connectivity index (χ3n) is 2.98. The lowest BCUT2D eigenvalue weighted by atomic mass is 10.1. The van der Waals surface area contributed by atoms with Crippen molar-refractivity contribution < 1.29 is 14.4 Å². The molecular weight excluding hydrogens is 280 g/mol. The lowest BCUT2D eigenvalue weighted by Gasteiger charge is -2.12. The summed E-state index contributed by atoms with van der Waals surface area (Å²) in [4.78, 5) is 0. The summed E-state index contributed by atoms with van der Waals surface area (Å²) in [6.45, 7) is 4.00. The second kappa shape index (κ2) is 8.17. The van der Waals surface area contributed by atoms with E-state index in [1.165, 1.54) is 0 Å². The molecule has 2 aromatic rings. The third-order valence-corrected chi connectivity index (χ3v) is 2.98. The highest BCUT2D eigenvalue weighted by atomic mass is 16.5. The van der Waals surface area contributed by atoms with Gasteiger partial charge >= 0.3 is 0 Å². The van der Waals surface area contributed by atoms with Crippen LogP contribution in [0.25, 0.3) is 12.2 Å². The molecular formula is C17H20N2O3. The zero-order chi connectivity index (χ0) is 15.8. The van der Waals surface area contributed by atoms with Gasteiger partial charge in [0.25, 0.3) is 0 Å². The van der Waals surface area contributed by atoms with E-state index in [-0.39, 0.29) is 13.2 Å². The van der Waals surface area contributed by atoms with Crippen LogP contribution in [0.1, 0.15) is 17.0 Å². The van der Waals surface area contributed by atoms with Crippen molar-refractivity contribution >= 4 is 12.2 Å². The summed E-state index contributed by atoms with van der Waals surface area (Å²) in [5.41, 5.74) is 7.09. The molecule has 0 aliphatic rings. The number of benzene rings is 1. The molecule has 0 saturated heterocycles. The molecule has 0 saturated carbocycles. The van der Waals surface area contributed by atoms with Crippen LogP contribution in [0.4, 0.5) is 0 Å². The topological polar surface area (TPSA) is 81.5 Å². The van der Waals surface area contributed by atoms with Crippen LogP contribution >= 0.6 is 0 Å². The average molecular weight is 300 g/mol. The highest BCUT2D eigenvalue weighted by Gasteiger charge is 2.05. The lowest BCUT2D eigenvalue weighted by Crippen LogP contribution is -2.26. The summed E-state index contributed by atoms with van der Waals surface area (Å²) >= 11 is 0. The normalized spacial score (nSPS) is 12.5. The summed E-state index contributed by atoms with van der Waals surface area (Å²) in [5.74, 6) is 1.34. The molecule has 5 heteroatoms. The van der Waals surface area contributed by atoms with Crippen LogP contribution in [0, 0.1) is 0 Å². The standard InChI is InChI=1S/C17H20N2O3/c1-2-5-14-10-16(22-19-14)9-8-13-6-3-4-7-17(13)21-12-15(20)11-18/h2-4,6-10,15,20H,1,5,11-12,18H2. The van der Waals surface area contributed by atoms with Crippen molar-refractivity contribution in [1.29, 1.82) is 0 Å². The van der Waals surface area contributed by atoms with Gasteiger partial charge < -0.3 is 20.1 Å². The van der Waals surface area contributed by atoms with E-state index in [0.29, 0.717) is 17.9 Å². The summed E-state index contributed by atoms with van der Waals surface area (Å²) in [6.07, 6.45) is 5.47. The Morgan fingerprint density at radius 2 is 2.18 bits per heavy atom. The minimum atomic E-state index is -0.673. The van der Waals surface area contributed by atoms with Gasteiger partial charge in [-0.1, -0.05) is 29.4 Å². The molecule has 2 rings (SSSR count). The van der Waals surface area contributed by atoms with Gasteiger partial charge in [0.15, 0.2) is 5.76 Å². The van der Waals surface area contributed by atoms with Gasteiger partial charge in [-0.05, 0) is 18.2 Å². The molecule has 1 atom stereocenters. The smallest absolute Gasteiger partial charge is 0.159 e. The molecule has 3 N–H and O–H groups in total. The Hall–Kier alpha value is -2.37. The van der Waals surface area contributed by atoms with Gasteiger partial charge in [0.2, 0.25) is 0 Å². The van der Waals surface area contributed by atoms with Crippen molar-refractivity contribution in [2.45, 2.75) is 12.5 Å². The molecule has 1 aromatic heterocycles. The van der Waals surface area contributed by atoms with Gasteiger partial charge in [0.1, 0.15) is 18.5 Å². The summed E-state index contributed by atoms with van der Waals surface area (Å²) in [5, 5.41) is 13.4. The SMILES string of the molecule is C=CCc1cc(C=Cc2ccccc2OCC(O)CN)on1. The number of aliphatic hydroxyl groups is 1. The molecule has 0 radical (unpaired) electrons. The first-order valence-corrected chi connectivity index (χ1v) is 7.07. The number of rotatable bonds is 8. The Labute approximate surface area is 129 Å². The fourth-order valence-electron chi connectivity index (χ4n) is 1.83. The second-order valence-electron chi connectivity index (χ2n) is 4.79. The first-order chi connectivity index (χ1) is 10.7. The van der Waals surface area contributed by atoms with Gasteiger partial charge in [0.05, 0.1) is 5.69 Å². The number of hydrogen-bond donors (Lipinski definition) is 2. The summed E-state index contributed by atoms with van der Waals surface area (Å²) in [6, 6.07) is 9.40. The molecule has 0 bridgehead atoms. The molecule has 0 amide bonds. The Morgan fingerprint density at radius 3 is 2.95 bits per heavy atom. The monoisotopic (exact) mass is 300 g/mol. The minimum Gasteiger partial charge on any atom is -0.490 e. The number of para-hydroxylation sites is 1. The molecule has 0 aliphatic carbocycles. The van der Waals surface area contributed by atoms with Crippen LogP contribution in [0.15, 0.2) is 47.5 Å². The van der Waals surface area contributed by atoms with Crippen molar-refractivity contribution in [3.05, 3.63) is 60.0 Å².